The second-order valence-corrected chi connectivity index (χ2v) is 5.83. The van der Waals surface area contributed by atoms with E-state index in [4.69, 9.17) is 17.3 Å². The second-order valence-electron chi connectivity index (χ2n) is 5.39. The Labute approximate surface area is 119 Å². The largest absolute Gasteiger partial charge is 0.349 e. The third kappa shape index (κ3) is 3.95. The number of carbonyl (C=O) groups is 1. The van der Waals surface area contributed by atoms with E-state index in [1.165, 1.54) is 0 Å². The van der Waals surface area contributed by atoms with Crippen molar-refractivity contribution in [2.24, 2.45) is 11.7 Å². The lowest BCUT2D eigenvalue weighted by Crippen LogP contribution is -2.37. The molecule has 2 rings (SSSR count). The van der Waals surface area contributed by atoms with Crippen LogP contribution in [-0.2, 0) is 4.79 Å². The Morgan fingerprint density at radius 3 is 2.42 bits per heavy atom. The number of benzene rings is 1. The molecule has 3 nitrogen and oxygen atoms in total. The lowest BCUT2D eigenvalue weighted by molar-refractivity contribution is -0.126. The molecule has 1 aliphatic rings. The lowest BCUT2D eigenvalue weighted by Gasteiger charge is -2.26. The van der Waals surface area contributed by atoms with E-state index in [-0.39, 0.29) is 23.9 Å². The molecule has 1 atom stereocenters. The molecule has 1 aromatic carbocycles. The summed E-state index contributed by atoms with van der Waals surface area (Å²) in [5.74, 6) is 0.268. The van der Waals surface area contributed by atoms with Crippen LogP contribution in [0.15, 0.2) is 24.3 Å². The fraction of sp³-hybridized carbons (Fsp3) is 0.533. The molecule has 104 valence electrons. The zero-order valence-electron chi connectivity index (χ0n) is 11.2. The Hall–Kier alpha value is -1.06. The van der Waals surface area contributed by atoms with Crippen molar-refractivity contribution in [1.82, 2.24) is 5.32 Å². The molecule has 0 heterocycles. The molecule has 1 aromatic rings. The van der Waals surface area contributed by atoms with E-state index in [1.807, 2.05) is 31.2 Å². The zero-order chi connectivity index (χ0) is 13.8. The Kier molecular flexibility index (Phi) is 4.83. The molecule has 0 spiro atoms. The van der Waals surface area contributed by atoms with Gasteiger partial charge in [0.05, 0.1) is 6.04 Å². The van der Waals surface area contributed by atoms with Crippen molar-refractivity contribution in [2.75, 3.05) is 0 Å². The van der Waals surface area contributed by atoms with Gasteiger partial charge in [0.1, 0.15) is 0 Å². The first kappa shape index (κ1) is 14.4. The molecular weight excluding hydrogens is 260 g/mol. The molecule has 1 saturated carbocycles. The molecule has 0 saturated heterocycles. The summed E-state index contributed by atoms with van der Waals surface area (Å²) in [6.07, 6.45) is 3.71. The van der Waals surface area contributed by atoms with Gasteiger partial charge < -0.3 is 11.1 Å². The summed E-state index contributed by atoms with van der Waals surface area (Å²) in [4.78, 5) is 12.2. The van der Waals surface area contributed by atoms with Gasteiger partial charge in [0.25, 0.3) is 0 Å². The maximum Gasteiger partial charge on any atom is 0.223 e. The lowest BCUT2D eigenvalue weighted by atomic mass is 9.85. The summed E-state index contributed by atoms with van der Waals surface area (Å²) in [5.41, 5.74) is 6.93. The monoisotopic (exact) mass is 280 g/mol. The molecule has 4 heteroatoms. The number of halogens is 1. The van der Waals surface area contributed by atoms with Crippen LogP contribution in [0.25, 0.3) is 0 Å². The highest BCUT2D eigenvalue weighted by Gasteiger charge is 2.25. The van der Waals surface area contributed by atoms with Crippen molar-refractivity contribution in [3.05, 3.63) is 34.9 Å². The molecule has 0 bridgehead atoms. The summed E-state index contributed by atoms with van der Waals surface area (Å²) in [7, 11) is 0. The highest BCUT2D eigenvalue weighted by Crippen LogP contribution is 2.24. The van der Waals surface area contributed by atoms with Crippen LogP contribution >= 0.6 is 11.6 Å². The SMILES string of the molecule is CC(NC(=O)C1CCC(N)CC1)c1ccc(Cl)cc1. The van der Waals surface area contributed by atoms with Gasteiger partial charge in [-0.25, -0.2) is 0 Å². The standard InChI is InChI=1S/C15H21ClN2O/c1-10(11-2-6-13(16)7-3-11)18-15(19)12-4-8-14(17)9-5-12/h2-3,6-7,10,12,14H,4-5,8-9,17H2,1H3,(H,18,19). The topological polar surface area (TPSA) is 55.1 Å². The smallest absolute Gasteiger partial charge is 0.223 e. The Bertz CT molecular complexity index is 424. The maximum absolute atomic E-state index is 12.2. The van der Waals surface area contributed by atoms with Gasteiger partial charge in [0.2, 0.25) is 5.91 Å². The van der Waals surface area contributed by atoms with Gasteiger partial charge in [-0.05, 0) is 50.3 Å². The van der Waals surface area contributed by atoms with Crippen molar-refractivity contribution in [3.63, 3.8) is 0 Å². The molecule has 1 aliphatic carbocycles. The Balaban J connectivity index is 1.89. The van der Waals surface area contributed by atoms with Crippen molar-refractivity contribution >= 4 is 17.5 Å². The predicted octanol–water partition coefficient (Wildman–Crippen LogP) is 3.03. The average molecular weight is 281 g/mol. The van der Waals surface area contributed by atoms with Crippen molar-refractivity contribution < 1.29 is 4.79 Å². The van der Waals surface area contributed by atoms with Crippen LogP contribution in [0.1, 0.15) is 44.2 Å². The first-order valence-electron chi connectivity index (χ1n) is 6.87. The van der Waals surface area contributed by atoms with Gasteiger partial charge in [0, 0.05) is 17.0 Å². The summed E-state index contributed by atoms with van der Waals surface area (Å²) in [6, 6.07) is 7.88. The molecule has 0 radical (unpaired) electrons. The van der Waals surface area contributed by atoms with E-state index in [9.17, 15) is 4.79 Å². The normalized spacial score (nSPS) is 24.8. The molecule has 0 aromatic heterocycles. The Morgan fingerprint density at radius 1 is 1.26 bits per heavy atom. The number of hydrogen-bond donors (Lipinski definition) is 2. The number of nitrogens with one attached hydrogen (secondary N) is 1. The van der Waals surface area contributed by atoms with Gasteiger partial charge in [-0.2, -0.15) is 0 Å². The minimum absolute atomic E-state index is 0.0142. The first-order valence-corrected chi connectivity index (χ1v) is 7.25. The Morgan fingerprint density at radius 2 is 1.84 bits per heavy atom. The van der Waals surface area contributed by atoms with E-state index in [2.05, 4.69) is 5.32 Å². The van der Waals surface area contributed by atoms with Gasteiger partial charge in [-0.1, -0.05) is 23.7 Å². The van der Waals surface area contributed by atoms with Crippen LogP contribution < -0.4 is 11.1 Å². The average Bonchev–Trinajstić information content (AvgIpc) is 2.40. The third-order valence-electron chi connectivity index (χ3n) is 3.87. The molecule has 1 amide bonds. The summed E-state index contributed by atoms with van der Waals surface area (Å²) >= 11 is 5.86. The number of carbonyl (C=O) groups excluding carboxylic acids is 1. The number of hydrogen-bond acceptors (Lipinski definition) is 2. The van der Waals surface area contributed by atoms with Crippen molar-refractivity contribution in [2.45, 2.75) is 44.7 Å². The van der Waals surface area contributed by atoms with Gasteiger partial charge in [0.15, 0.2) is 0 Å². The highest BCUT2D eigenvalue weighted by molar-refractivity contribution is 6.30. The van der Waals surface area contributed by atoms with Crippen LogP contribution in [0.3, 0.4) is 0 Å². The van der Waals surface area contributed by atoms with Crippen LogP contribution in [0, 0.1) is 5.92 Å². The second kappa shape index (κ2) is 6.40. The predicted molar refractivity (Wildman–Crippen MR) is 77.9 cm³/mol. The minimum Gasteiger partial charge on any atom is -0.349 e. The van der Waals surface area contributed by atoms with Crippen LogP contribution in [0.2, 0.25) is 5.02 Å². The fourth-order valence-corrected chi connectivity index (χ4v) is 2.67. The third-order valence-corrected chi connectivity index (χ3v) is 4.12. The fourth-order valence-electron chi connectivity index (χ4n) is 2.55. The van der Waals surface area contributed by atoms with E-state index in [0.29, 0.717) is 5.02 Å². The summed E-state index contributed by atoms with van der Waals surface area (Å²) < 4.78 is 0. The molecule has 1 unspecified atom stereocenters. The first-order chi connectivity index (χ1) is 9.06. The van der Waals surface area contributed by atoms with Gasteiger partial charge in [-0.15, -0.1) is 0 Å². The highest BCUT2D eigenvalue weighted by atomic mass is 35.5. The zero-order valence-corrected chi connectivity index (χ0v) is 12.0. The summed E-state index contributed by atoms with van der Waals surface area (Å²) in [6.45, 7) is 2.00. The van der Waals surface area contributed by atoms with E-state index in [1.54, 1.807) is 0 Å². The quantitative estimate of drug-likeness (QED) is 0.894. The van der Waals surface area contributed by atoms with E-state index < -0.39 is 0 Å². The van der Waals surface area contributed by atoms with Crippen molar-refractivity contribution in [1.29, 1.82) is 0 Å². The summed E-state index contributed by atoms with van der Waals surface area (Å²) in [5, 5.41) is 3.79. The molecule has 1 fully saturated rings. The van der Waals surface area contributed by atoms with Gasteiger partial charge >= 0.3 is 0 Å². The van der Waals surface area contributed by atoms with Gasteiger partial charge in [-0.3, -0.25) is 4.79 Å². The van der Waals surface area contributed by atoms with Crippen molar-refractivity contribution in [3.8, 4) is 0 Å². The number of rotatable bonds is 3. The number of amides is 1. The van der Waals surface area contributed by atoms with Crippen LogP contribution in [0.5, 0.6) is 0 Å². The maximum atomic E-state index is 12.2. The molecule has 3 N–H and O–H groups in total. The molecule has 19 heavy (non-hydrogen) atoms. The van der Waals surface area contributed by atoms with Crippen LogP contribution in [-0.4, -0.2) is 11.9 Å². The number of nitrogens with two attached hydrogens (primary N) is 1. The minimum atomic E-state index is 0.0142. The molecular formula is C15H21ClN2O. The van der Waals surface area contributed by atoms with E-state index >= 15 is 0 Å². The van der Waals surface area contributed by atoms with E-state index in [0.717, 1.165) is 31.2 Å². The molecule has 0 aliphatic heterocycles. The van der Waals surface area contributed by atoms with Crippen LogP contribution in [0.4, 0.5) is 0 Å².